The highest BCUT2D eigenvalue weighted by Gasteiger charge is 2.37. The monoisotopic (exact) mass is 348 g/mol. The normalized spacial score (nSPS) is 22.6. The van der Waals surface area contributed by atoms with E-state index in [1.165, 1.54) is 0 Å². The van der Waals surface area contributed by atoms with Crippen molar-refractivity contribution < 1.29 is 13.2 Å². The summed E-state index contributed by atoms with van der Waals surface area (Å²) in [5.41, 5.74) is 0.366. The van der Waals surface area contributed by atoms with Crippen molar-refractivity contribution >= 4 is 31.6 Å². The number of nitrogens with zero attached hydrogens (tertiary/aromatic N) is 2. The molecule has 1 unspecified atom stereocenters. The minimum absolute atomic E-state index is 0.0107. The molecule has 1 atom stereocenters. The standard InChI is InChI=1S/C12H17BrN2O3S/c1-8(2)15-11(9(13)7-14-15)12(16)10-5-3-4-6-19(10,17)18/h7-8,10H,3-6H2,1-2H3. The van der Waals surface area contributed by atoms with Crippen LogP contribution in [0.2, 0.25) is 0 Å². The van der Waals surface area contributed by atoms with Crippen LogP contribution in [-0.2, 0) is 9.84 Å². The van der Waals surface area contributed by atoms with E-state index in [2.05, 4.69) is 21.0 Å². The Kier molecular flexibility index (Phi) is 4.15. The molecule has 0 aromatic carbocycles. The summed E-state index contributed by atoms with van der Waals surface area (Å²) in [4.78, 5) is 12.6. The molecule has 1 aromatic heterocycles. The summed E-state index contributed by atoms with van der Waals surface area (Å²) in [6.45, 7) is 3.82. The number of aromatic nitrogens is 2. The lowest BCUT2D eigenvalue weighted by Crippen LogP contribution is -2.36. The summed E-state index contributed by atoms with van der Waals surface area (Å²) in [6, 6.07) is 0.0107. The summed E-state index contributed by atoms with van der Waals surface area (Å²) >= 11 is 3.29. The molecule has 0 spiro atoms. The van der Waals surface area contributed by atoms with Crippen molar-refractivity contribution in [2.45, 2.75) is 44.4 Å². The highest BCUT2D eigenvalue weighted by molar-refractivity contribution is 9.10. The van der Waals surface area contributed by atoms with Gasteiger partial charge >= 0.3 is 0 Å². The molecule has 0 bridgehead atoms. The Morgan fingerprint density at radius 2 is 2.16 bits per heavy atom. The first kappa shape index (κ1) is 14.7. The fourth-order valence-electron chi connectivity index (χ4n) is 2.36. The summed E-state index contributed by atoms with van der Waals surface area (Å²) in [7, 11) is -3.32. The maximum absolute atomic E-state index is 12.6. The van der Waals surface area contributed by atoms with E-state index >= 15 is 0 Å². The molecule has 2 heterocycles. The molecule has 0 aliphatic carbocycles. The van der Waals surface area contributed by atoms with Gasteiger partial charge in [-0.05, 0) is 42.6 Å². The van der Waals surface area contributed by atoms with Crippen LogP contribution in [0.1, 0.15) is 49.6 Å². The van der Waals surface area contributed by atoms with Crippen LogP contribution in [0, 0.1) is 0 Å². The van der Waals surface area contributed by atoms with Gasteiger partial charge < -0.3 is 0 Å². The van der Waals surface area contributed by atoms with Crippen molar-refractivity contribution in [3.8, 4) is 0 Å². The number of hydrogen-bond donors (Lipinski definition) is 0. The van der Waals surface area contributed by atoms with Crippen LogP contribution >= 0.6 is 15.9 Å². The van der Waals surface area contributed by atoms with Crippen molar-refractivity contribution in [1.29, 1.82) is 0 Å². The Hall–Kier alpha value is -0.690. The quantitative estimate of drug-likeness (QED) is 0.786. The third-order valence-corrected chi connectivity index (χ3v) is 6.10. The highest BCUT2D eigenvalue weighted by Crippen LogP contribution is 2.27. The molecule has 7 heteroatoms. The molecular weight excluding hydrogens is 332 g/mol. The van der Waals surface area contributed by atoms with E-state index in [1.54, 1.807) is 10.9 Å². The molecule has 2 rings (SSSR count). The van der Waals surface area contributed by atoms with Gasteiger partial charge in [0.15, 0.2) is 15.6 Å². The summed E-state index contributed by atoms with van der Waals surface area (Å²) < 4.78 is 26.2. The van der Waals surface area contributed by atoms with Gasteiger partial charge in [0.25, 0.3) is 0 Å². The Morgan fingerprint density at radius 1 is 1.47 bits per heavy atom. The number of halogens is 1. The largest absolute Gasteiger partial charge is 0.291 e. The summed E-state index contributed by atoms with van der Waals surface area (Å²) in [5.74, 6) is -0.227. The van der Waals surface area contributed by atoms with E-state index in [1.807, 2.05) is 13.8 Å². The molecule has 0 saturated carbocycles. The fourth-order valence-corrected chi connectivity index (χ4v) is 4.69. The van der Waals surface area contributed by atoms with Crippen molar-refractivity contribution in [3.63, 3.8) is 0 Å². The molecule has 19 heavy (non-hydrogen) atoms. The zero-order valence-corrected chi connectivity index (χ0v) is 13.4. The van der Waals surface area contributed by atoms with E-state index in [0.717, 1.165) is 6.42 Å². The number of ketones is 1. The van der Waals surface area contributed by atoms with Crippen LogP contribution < -0.4 is 0 Å². The molecule has 1 aliphatic heterocycles. The molecule has 106 valence electrons. The second kappa shape index (κ2) is 5.36. The fraction of sp³-hybridized carbons (Fsp3) is 0.667. The minimum atomic E-state index is -3.32. The molecular formula is C12H17BrN2O3S. The number of hydrogen-bond acceptors (Lipinski definition) is 4. The van der Waals surface area contributed by atoms with Crippen LogP contribution in [-0.4, -0.2) is 35.0 Å². The van der Waals surface area contributed by atoms with Crippen LogP contribution in [0.5, 0.6) is 0 Å². The number of sulfone groups is 1. The third-order valence-electron chi connectivity index (χ3n) is 3.34. The van der Waals surface area contributed by atoms with Gasteiger partial charge in [-0.3, -0.25) is 9.48 Å². The number of Topliss-reactive ketones (excluding diaryl/α,β-unsaturated/α-hetero) is 1. The van der Waals surface area contributed by atoms with E-state index in [-0.39, 0.29) is 17.6 Å². The number of carbonyl (C=O) groups is 1. The molecule has 0 radical (unpaired) electrons. The Balaban J connectivity index is 2.42. The topological polar surface area (TPSA) is 69.0 Å². The third kappa shape index (κ3) is 2.76. The smallest absolute Gasteiger partial charge is 0.200 e. The first-order valence-electron chi connectivity index (χ1n) is 6.33. The number of carbonyl (C=O) groups excluding carboxylic acids is 1. The van der Waals surface area contributed by atoms with Crippen molar-refractivity contribution in [2.24, 2.45) is 0 Å². The van der Waals surface area contributed by atoms with E-state index in [0.29, 0.717) is 23.0 Å². The van der Waals surface area contributed by atoms with Gasteiger partial charge in [0, 0.05) is 6.04 Å². The average molecular weight is 349 g/mol. The molecule has 5 nitrogen and oxygen atoms in total. The van der Waals surface area contributed by atoms with Gasteiger partial charge in [-0.25, -0.2) is 8.42 Å². The molecule has 1 aliphatic rings. The lowest BCUT2D eigenvalue weighted by Gasteiger charge is -2.22. The molecule has 1 saturated heterocycles. The molecule has 1 aromatic rings. The SMILES string of the molecule is CC(C)n1ncc(Br)c1C(=O)C1CCCCS1(=O)=O. The van der Waals surface area contributed by atoms with Crippen LogP contribution in [0.15, 0.2) is 10.7 Å². The van der Waals surface area contributed by atoms with Gasteiger partial charge in [-0.2, -0.15) is 5.10 Å². The Labute approximate surface area is 121 Å². The lowest BCUT2D eigenvalue weighted by atomic mass is 10.1. The highest BCUT2D eigenvalue weighted by atomic mass is 79.9. The average Bonchev–Trinajstić information content (AvgIpc) is 2.70. The molecule has 1 fully saturated rings. The van der Waals surface area contributed by atoms with Crippen LogP contribution in [0.4, 0.5) is 0 Å². The molecule has 0 amide bonds. The predicted octanol–water partition coefficient (Wildman–Crippen LogP) is 2.38. The first-order valence-corrected chi connectivity index (χ1v) is 8.84. The maximum atomic E-state index is 12.6. The first-order chi connectivity index (χ1) is 8.84. The maximum Gasteiger partial charge on any atom is 0.200 e. The predicted molar refractivity (Wildman–Crippen MR) is 76.1 cm³/mol. The van der Waals surface area contributed by atoms with Crippen molar-refractivity contribution in [1.82, 2.24) is 9.78 Å². The van der Waals surface area contributed by atoms with Gasteiger partial charge in [0.2, 0.25) is 0 Å². The van der Waals surface area contributed by atoms with Gasteiger partial charge in [-0.1, -0.05) is 6.42 Å². The summed E-state index contributed by atoms with van der Waals surface area (Å²) in [6.07, 6.45) is 3.39. The van der Waals surface area contributed by atoms with Gasteiger partial charge in [0.05, 0.1) is 16.4 Å². The van der Waals surface area contributed by atoms with Crippen LogP contribution in [0.3, 0.4) is 0 Å². The van der Waals surface area contributed by atoms with Gasteiger partial charge in [0.1, 0.15) is 10.9 Å². The number of rotatable bonds is 3. The zero-order chi connectivity index (χ0) is 14.2. The lowest BCUT2D eigenvalue weighted by molar-refractivity contribution is 0.0968. The molecule has 0 N–H and O–H groups in total. The second-order valence-corrected chi connectivity index (χ2v) is 8.25. The van der Waals surface area contributed by atoms with E-state index < -0.39 is 15.1 Å². The van der Waals surface area contributed by atoms with Gasteiger partial charge in [-0.15, -0.1) is 0 Å². The van der Waals surface area contributed by atoms with E-state index in [9.17, 15) is 13.2 Å². The van der Waals surface area contributed by atoms with E-state index in [4.69, 9.17) is 0 Å². The minimum Gasteiger partial charge on any atom is -0.291 e. The zero-order valence-electron chi connectivity index (χ0n) is 11.0. The Morgan fingerprint density at radius 3 is 2.74 bits per heavy atom. The summed E-state index contributed by atoms with van der Waals surface area (Å²) in [5, 5.41) is 3.22. The van der Waals surface area contributed by atoms with Crippen LogP contribution in [0.25, 0.3) is 0 Å². The second-order valence-electron chi connectivity index (χ2n) is 5.10. The van der Waals surface area contributed by atoms with Crippen molar-refractivity contribution in [3.05, 3.63) is 16.4 Å². The van der Waals surface area contributed by atoms with Crippen molar-refractivity contribution in [2.75, 3.05) is 5.75 Å². The Bertz CT molecular complexity index is 592.